The van der Waals surface area contributed by atoms with Crippen LogP contribution >= 0.6 is 0 Å². The number of aryl methyl sites for hydroxylation is 1. The highest BCUT2D eigenvalue weighted by Crippen LogP contribution is 2.24. The van der Waals surface area contributed by atoms with Crippen molar-refractivity contribution in [3.8, 4) is 5.75 Å². The first-order chi connectivity index (χ1) is 15.4. The quantitative estimate of drug-likeness (QED) is 0.581. The summed E-state index contributed by atoms with van der Waals surface area (Å²) in [6, 6.07) is 14.2. The molecule has 1 N–H and O–H groups in total. The van der Waals surface area contributed by atoms with Crippen LogP contribution in [0, 0.1) is 12.8 Å². The Morgan fingerprint density at radius 1 is 1.16 bits per heavy atom. The first kappa shape index (κ1) is 22.4. The smallest absolute Gasteiger partial charge is 0.289 e. The van der Waals surface area contributed by atoms with E-state index in [-0.39, 0.29) is 16.7 Å². The minimum atomic E-state index is -3.60. The molecule has 4 rings (SSSR count). The summed E-state index contributed by atoms with van der Waals surface area (Å²) in [6.45, 7) is 5.75. The maximum atomic E-state index is 12.8. The summed E-state index contributed by atoms with van der Waals surface area (Å²) in [4.78, 5) is 14.8. The lowest BCUT2D eigenvalue weighted by Gasteiger charge is -2.31. The van der Waals surface area contributed by atoms with Gasteiger partial charge in [0.2, 0.25) is 10.0 Å². The summed E-state index contributed by atoms with van der Waals surface area (Å²) in [7, 11) is -3.60. The van der Waals surface area contributed by atoms with Gasteiger partial charge in [-0.15, -0.1) is 0 Å². The van der Waals surface area contributed by atoms with Gasteiger partial charge < -0.3 is 14.1 Å². The lowest BCUT2D eigenvalue weighted by molar-refractivity contribution is 0.0662. The summed E-state index contributed by atoms with van der Waals surface area (Å²) in [5, 5.41) is 0.907. The van der Waals surface area contributed by atoms with E-state index in [1.165, 1.54) is 0 Å². The molecule has 7 nitrogen and oxygen atoms in total. The van der Waals surface area contributed by atoms with Gasteiger partial charge in [-0.05, 0) is 68.5 Å². The fourth-order valence-corrected chi connectivity index (χ4v) is 5.20. The topological polar surface area (TPSA) is 88.9 Å². The fourth-order valence-electron chi connectivity index (χ4n) is 4.00. The van der Waals surface area contributed by atoms with Gasteiger partial charge in [-0.1, -0.05) is 18.2 Å². The van der Waals surface area contributed by atoms with Crippen LogP contribution in [-0.2, 0) is 10.0 Å². The highest BCUT2D eigenvalue weighted by Gasteiger charge is 2.27. The van der Waals surface area contributed by atoms with Crippen LogP contribution in [-0.4, -0.2) is 45.5 Å². The van der Waals surface area contributed by atoms with Crippen LogP contribution in [0.3, 0.4) is 0 Å². The van der Waals surface area contributed by atoms with Gasteiger partial charge in [-0.25, -0.2) is 13.1 Å². The van der Waals surface area contributed by atoms with Crippen molar-refractivity contribution in [2.75, 3.05) is 26.2 Å². The lowest BCUT2D eigenvalue weighted by Crippen LogP contribution is -2.41. The highest BCUT2D eigenvalue weighted by atomic mass is 32.2. The van der Waals surface area contributed by atoms with Crippen molar-refractivity contribution in [2.24, 2.45) is 5.92 Å². The Balaban J connectivity index is 1.32. The number of carbonyl (C=O) groups excluding carboxylic acids is 1. The Morgan fingerprint density at radius 3 is 2.59 bits per heavy atom. The fraction of sp³-hybridized carbons (Fsp3) is 0.375. The molecular formula is C24H28N2O5S. The van der Waals surface area contributed by atoms with E-state index in [9.17, 15) is 13.2 Å². The molecule has 1 amide bonds. The van der Waals surface area contributed by atoms with Crippen molar-refractivity contribution in [3.05, 3.63) is 59.9 Å². The summed E-state index contributed by atoms with van der Waals surface area (Å²) in [5.74, 6) is 1.09. The van der Waals surface area contributed by atoms with Crippen LogP contribution in [0.25, 0.3) is 11.0 Å². The van der Waals surface area contributed by atoms with Crippen molar-refractivity contribution >= 4 is 26.9 Å². The van der Waals surface area contributed by atoms with Gasteiger partial charge in [0.15, 0.2) is 5.76 Å². The molecule has 0 unspecified atom stereocenters. The van der Waals surface area contributed by atoms with Gasteiger partial charge in [0.1, 0.15) is 11.3 Å². The molecule has 170 valence electrons. The molecule has 3 aromatic rings. The summed E-state index contributed by atoms with van der Waals surface area (Å²) in [5.41, 5.74) is 1.48. The predicted molar refractivity (Wildman–Crippen MR) is 122 cm³/mol. The molecule has 8 heteroatoms. The van der Waals surface area contributed by atoms with E-state index in [0.717, 1.165) is 23.8 Å². The second-order valence-corrected chi connectivity index (χ2v) is 9.86. The van der Waals surface area contributed by atoms with E-state index < -0.39 is 10.0 Å². The normalized spacial score (nSPS) is 15.2. The number of hydrogen-bond acceptors (Lipinski definition) is 5. The van der Waals surface area contributed by atoms with E-state index in [0.29, 0.717) is 43.3 Å². The zero-order valence-electron chi connectivity index (χ0n) is 18.3. The van der Waals surface area contributed by atoms with Crippen molar-refractivity contribution < 1.29 is 22.4 Å². The molecule has 32 heavy (non-hydrogen) atoms. The minimum Gasteiger partial charge on any atom is -0.494 e. The number of fused-ring (bicyclic) bond motifs is 1. The summed E-state index contributed by atoms with van der Waals surface area (Å²) in [6.07, 6.45) is 1.47. The second kappa shape index (κ2) is 9.34. The number of hydrogen-bond donors (Lipinski definition) is 1. The molecule has 0 bridgehead atoms. The molecule has 1 aliphatic rings. The Morgan fingerprint density at radius 2 is 1.91 bits per heavy atom. The molecule has 0 saturated carbocycles. The number of likely N-dealkylation sites (tertiary alicyclic amines) is 1. The number of ether oxygens (including phenoxy) is 1. The van der Waals surface area contributed by atoms with E-state index in [2.05, 4.69) is 4.72 Å². The van der Waals surface area contributed by atoms with E-state index >= 15 is 0 Å². The third kappa shape index (κ3) is 4.81. The molecule has 1 aliphatic heterocycles. The van der Waals surface area contributed by atoms with Crippen LogP contribution in [0.4, 0.5) is 0 Å². The van der Waals surface area contributed by atoms with Crippen LogP contribution < -0.4 is 9.46 Å². The Bertz CT molecular complexity index is 1180. The van der Waals surface area contributed by atoms with Crippen LogP contribution in [0.2, 0.25) is 0 Å². The van der Waals surface area contributed by atoms with Crippen molar-refractivity contribution in [1.82, 2.24) is 9.62 Å². The van der Waals surface area contributed by atoms with E-state index in [4.69, 9.17) is 9.15 Å². The monoisotopic (exact) mass is 456 g/mol. The molecule has 2 aromatic carbocycles. The highest BCUT2D eigenvalue weighted by molar-refractivity contribution is 7.89. The summed E-state index contributed by atoms with van der Waals surface area (Å²) >= 11 is 0. The third-order valence-corrected chi connectivity index (χ3v) is 7.28. The number of nitrogens with zero attached hydrogens (tertiary/aromatic N) is 1. The number of para-hydroxylation sites is 1. The van der Waals surface area contributed by atoms with Gasteiger partial charge in [-0.2, -0.15) is 0 Å². The number of benzene rings is 2. The average molecular weight is 457 g/mol. The van der Waals surface area contributed by atoms with Gasteiger partial charge >= 0.3 is 0 Å². The van der Waals surface area contributed by atoms with E-state index in [1.807, 2.05) is 38.1 Å². The van der Waals surface area contributed by atoms with Gasteiger partial charge in [-0.3, -0.25) is 4.79 Å². The van der Waals surface area contributed by atoms with Crippen molar-refractivity contribution in [2.45, 2.75) is 31.6 Å². The third-order valence-electron chi connectivity index (χ3n) is 5.86. The molecule has 0 spiro atoms. The molecule has 2 heterocycles. The SMILES string of the molecule is CCOc1ccc(S(=O)(=O)NCC2CCN(C(=O)c3cc4ccccc4o3)CC2)cc1C. The standard InChI is InChI=1S/C24H28N2O5S/c1-3-30-21-9-8-20(14-17(21)2)32(28,29)25-16-18-10-12-26(13-11-18)24(27)23-15-19-6-4-5-7-22(19)31-23/h4-9,14-15,18,25H,3,10-13,16H2,1-2H3. The molecule has 1 saturated heterocycles. The van der Waals surface area contributed by atoms with E-state index in [1.54, 1.807) is 29.2 Å². The molecule has 0 aliphatic carbocycles. The Hall–Kier alpha value is -2.84. The average Bonchev–Trinajstić information content (AvgIpc) is 3.23. The molecule has 1 aromatic heterocycles. The van der Waals surface area contributed by atoms with Crippen LogP contribution in [0.5, 0.6) is 5.75 Å². The largest absolute Gasteiger partial charge is 0.494 e. The molecule has 1 fully saturated rings. The van der Waals surface area contributed by atoms with Crippen molar-refractivity contribution in [3.63, 3.8) is 0 Å². The molecular weight excluding hydrogens is 428 g/mol. The number of rotatable bonds is 7. The Kier molecular flexibility index (Phi) is 6.53. The Labute approximate surface area is 188 Å². The predicted octanol–water partition coefficient (Wildman–Crippen LogP) is 3.97. The summed E-state index contributed by atoms with van der Waals surface area (Å²) < 4.78 is 39.3. The maximum Gasteiger partial charge on any atom is 0.289 e. The molecule has 0 atom stereocenters. The van der Waals surface area contributed by atoms with Gasteiger partial charge in [0, 0.05) is 25.0 Å². The first-order valence-corrected chi connectivity index (χ1v) is 12.4. The maximum absolute atomic E-state index is 12.8. The molecule has 0 radical (unpaired) electrons. The second-order valence-electron chi connectivity index (χ2n) is 8.10. The van der Waals surface area contributed by atoms with Crippen LogP contribution in [0.15, 0.2) is 57.8 Å². The zero-order chi connectivity index (χ0) is 22.7. The van der Waals surface area contributed by atoms with Gasteiger partial charge in [0.05, 0.1) is 11.5 Å². The number of furan rings is 1. The lowest BCUT2D eigenvalue weighted by atomic mass is 9.97. The number of carbonyl (C=O) groups is 1. The van der Waals surface area contributed by atoms with Crippen LogP contribution in [0.1, 0.15) is 35.9 Å². The number of sulfonamides is 1. The first-order valence-electron chi connectivity index (χ1n) is 10.9. The zero-order valence-corrected chi connectivity index (χ0v) is 19.2. The minimum absolute atomic E-state index is 0.120. The van der Waals surface area contributed by atoms with Gasteiger partial charge in [0.25, 0.3) is 5.91 Å². The van der Waals surface area contributed by atoms with Crippen molar-refractivity contribution in [1.29, 1.82) is 0 Å². The number of piperidine rings is 1. The number of amides is 1. The number of nitrogens with one attached hydrogen (secondary N) is 1.